The molecule has 4 rings (SSSR count). The molecule has 24 heavy (non-hydrogen) atoms. The molecule has 4 nitrogen and oxygen atoms in total. The van der Waals surface area contributed by atoms with Crippen molar-refractivity contribution in [3.63, 3.8) is 0 Å². The number of para-hydroxylation sites is 1. The van der Waals surface area contributed by atoms with E-state index in [1.54, 1.807) is 12.1 Å². The van der Waals surface area contributed by atoms with E-state index in [0.717, 1.165) is 29.8 Å². The Hall–Kier alpha value is -2.40. The summed E-state index contributed by atoms with van der Waals surface area (Å²) in [5, 5.41) is 8.80. The summed E-state index contributed by atoms with van der Waals surface area (Å²) in [5.74, 6) is 1.14. The van der Waals surface area contributed by atoms with Crippen LogP contribution >= 0.6 is 0 Å². The Morgan fingerprint density at radius 2 is 1.83 bits per heavy atom. The Morgan fingerprint density at radius 1 is 1.08 bits per heavy atom. The molecule has 0 saturated carbocycles. The SMILES string of the molecule is CN(C)[C@@H]1CN(c2n[nH]c3ccccc23)C[C@H]1c1ccc(F)cc1. The number of hydrogen-bond donors (Lipinski definition) is 1. The van der Waals surface area contributed by atoms with Crippen LogP contribution < -0.4 is 4.90 Å². The highest BCUT2D eigenvalue weighted by Gasteiger charge is 2.36. The third-order valence-corrected chi connectivity index (χ3v) is 5.00. The van der Waals surface area contributed by atoms with E-state index >= 15 is 0 Å². The zero-order valence-electron chi connectivity index (χ0n) is 13.9. The van der Waals surface area contributed by atoms with E-state index in [2.05, 4.69) is 40.2 Å². The fourth-order valence-corrected chi connectivity index (χ4v) is 3.71. The number of nitrogens with zero attached hydrogens (tertiary/aromatic N) is 3. The zero-order valence-corrected chi connectivity index (χ0v) is 13.9. The lowest BCUT2D eigenvalue weighted by atomic mass is 9.94. The summed E-state index contributed by atoms with van der Waals surface area (Å²) in [5.41, 5.74) is 2.23. The first-order valence-corrected chi connectivity index (χ1v) is 8.23. The molecule has 2 aromatic carbocycles. The van der Waals surface area contributed by atoms with Gasteiger partial charge in [0.15, 0.2) is 5.82 Å². The van der Waals surface area contributed by atoms with Crippen LogP contribution in [0.15, 0.2) is 48.5 Å². The predicted molar refractivity (Wildman–Crippen MR) is 94.9 cm³/mol. The van der Waals surface area contributed by atoms with Gasteiger partial charge in [-0.1, -0.05) is 24.3 Å². The Morgan fingerprint density at radius 3 is 2.58 bits per heavy atom. The number of H-pyrrole nitrogens is 1. The average molecular weight is 324 g/mol. The number of benzene rings is 2. The number of fused-ring (bicyclic) bond motifs is 1. The van der Waals surface area contributed by atoms with E-state index in [4.69, 9.17) is 0 Å². The van der Waals surface area contributed by atoms with Crippen LogP contribution in [0.3, 0.4) is 0 Å². The van der Waals surface area contributed by atoms with Crippen LogP contribution in [0.5, 0.6) is 0 Å². The maximum atomic E-state index is 13.3. The maximum absolute atomic E-state index is 13.3. The fraction of sp³-hybridized carbons (Fsp3) is 0.316. The van der Waals surface area contributed by atoms with Crippen LogP contribution in [0.25, 0.3) is 10.9 Å². The van der Waals surface area contributed by atoms with Gasteiger partial charge in [-0.15, -0.1) is 0 Å². The van der Waals surface area contributed by atoms with Gasteiger partial charge in [0.25, 0.3) is 0 Å². The molecule has 1 aliphatic heterocycles. The summed E-state index contributed by atoms with van der Waals surface area (Å²) in [7, 11) is 4.21. The smallest absolute Gasteiger partial charge is 0.158 e. The summed E-state index contributed by atoms with van der Waals surface area (Å²) in [4.78, 5) is 4.58. The molecule has 1 aromatic heterocycles. The number of anilines is 1. The third-order valence-electron chi connectivity index (χ3n) is 5.00. The molecule has 0 unspecified atom stereocenters. The molecule has 1 saturated heterocycles. The Kier molecular flexibility index (Phi) is 3.73. The van der Waals surface area contributed by atoms with Crippen molar-refractivity contribution >= 4 is 16.7 Å². The van der Waals surface area contributed by atoms with Crippen molar-refractivity contribution in [3.8, 4) is 0 Å². The highest BCUT2D eigenvalue weighted by Crippen LogP contribution is 2.35. The molecule has 0 spiro atoms. The van der Waals surface area contributed by atoms with Gasteiger partial charge < -0.3 is 9.80 Å². The number of nitrogens with one attached hydrogen (secondary N) is 1. The van der Waals surface area contributed by atoms with E-state index in [-0.39, 0.29) is 5.82 Å². The topological polar surface area (TPSA) is 35.2 Å². The van der Waals surface area contributed by atoms with Crippen molar-refractivity contribution in [1.29, 1.82) is 0 Å². The van der Waals surface area contributed by atoms with Gasteiger partial charge in [-0.3, -0.25) is 5.10 Å². The van der Waals surface area contributed by atoms with Crippen LogP contribution in [0.1, 0.15) is 11.5 Å². The zero-order chi connectivity index (χ0) is 16.7. The van der Waals surface area contributed by atoms with Crippen LogP contribution in [0, 0.1) is 5.82 Å². The van der Waals surface area contributed by atoms with Crippen molar-refractivity contribution in [2.24, 2.45) is 0 Å². The number of hydrogen-bond acceptors (Lipinski definition) is 3. The van der Waals surface area contributed by atoms with Gasteiger partial charge in [-0.25, -0.2) is 4.39 Å². The van der Waals surface area contributed by atoms with Crippen molar-refractivity contribution < 1.29 is 4.39 Å². The van der Waals surface area contributed by atoms with Gasteiger partial charge in [-0.05, 0) is 43.9 Å². The monoisotopic (exact) mass is 324 g/mol. The Balaban J connectivity index is 1.68. The number of rotatable bonds is 3. The first kappa shape index (κ1) is 15.1. The van der Waals surface area contributed by atoms with Crippen LogP contribution in [-0.4, -0.2) is 48.3 Å². The summed E-state index contributed by atoms with van der Waals surface area (Å²) in [6, 6.07) is 15.5. The Bertz CT molecular complexity index is 840. The van der Waals surface area contributed by atoms with Crippen LogP contribution in [0.2, 0.25) is 0 Å². The second kappa shape index (κ2) is 5.91. The van der Waals surface area contributed by atoms with Crippen molar-refractivity contribution in [2.75, 3.05) is 32.1 Å². The first-order chi connectivity index (χ1) is 11.6. The fourth-order valence-electron chi connectivity index (χ4n) is 3.71. The minimum Gasteiger partial charge on any atom is -0.352 e. The third kappa shape index (κ3) is 2.55. The second-order valence-electron chi connectivity index (χ2n) is 6.69. The minimum atomic E-state index is -0.187. The molecular formula is C19H21FN4. The van der Waals surface area contributed by atoms with Crippen LogP contribution in [0.4, 0.5) is 10.2 Å². The molecular weight excluding hydrogens is 303 g/mol. The Labute approximate surface area is 140 Å². The summed E-state index contributed by atoms with van der Waals surface area (Å²) in [6.45, 7) is 1.78. The second-order valence-corrected chi connectivity index (χ2v) is 6.69. The van der Waals surface area contributed by atoms with Crippen molar-refractivity contribution in [2.45, 2.75) is 12.0 Å². The number of aromatic amines is 1. The highest BCUT2D eigenvalue weighted by molar-refractivity contribution is 5.90. The van der Waals surface area contributed by atoms with E-state index < -0.39 is 0 Å². The van der Waals surface area contributed by atoms with Gasteiger partial charge in [-0.2, -0.15) is 5.10 Å². The molecule has 0 amide bonds. The molecule has 2 atom stereocenters. The lowest BCUT2D eigenvalue weighted by molar-refractivity contribution is 0.292. The van der Waals surface area contributed by atoms with E-state index in [9.17, 15) is 4.39 Å². The predicted octanol–water partition coefficient (Wildman–Crippen LogP) is 3.24. The van der Waals surface area contributed by atoms with Crippen molar-refractivity contribution in [1.82, 2.24) is 15.1 Å². The van der Waals surface area contributed by atoms with Gasteiger partial charge in [0.05, 0.1) is 5.52 Å². The van der Waals surface area contributed by atoms with Gasteiger partial charge >= 0.3 is 0 Å². The summed E-state index contributed by atoms with van der Waals surface area (Å²) >= 11 is 0. The van der Waals surface area contributed by atoms with E-state index in [1.165, 1.54) is 5.56 Å². The number of aromatic nitrogens is 2. The lowest BCUT2D eigenvalue weighted by Gasteiger charge is -2.25. The molecule has 0 aliphatic carbocycles. The molecule has 124 valence electrons. The van der Waals surface area contributed by atoms with Crippen LogP contribution in [-0.2, 0) is 0 Å². The lowest BCUT2D eigenvalue weighted by Crippen LogP contribution is -2.34. The molecule has 2 heterocycles. The van der Waals surface area contributed by atoms with Crippen molar-refractivity contribution in [3.05, 3.63) is 59.9 Å². The summed E-state index contributed by atoms with van der Waals surface area (Å²) in [6.07, 6.45) is 0. The average Bonchev–Trinajstić information content (AvgIpc) is 3.19. The van der Waals surface area contributed by atoms with E-state index in [0.29, 0.717) is 12.0 Å². The van der Waals surface area contributed by atoms with E-state index in [1.807, 2.05) is 30.3 Å². The molecule has 1 fully saturated rings. The van der Waals surface area contributed by atoms with Gasteiger partial charge in [0, 0.05) is 30.4 Å². The highest BCUT2D eigenvalue weighted by atomic mass is 19.1. The molecule has 1 aliphatic rings. The first-order valence-electron chi connectivity index (χ1n) is 8.23. The normalized spacial score (nSPS) is 21.1. The molecule has 1 N–H and O–H groups in total. The molecule has 3 aromatic rings. The quantitative estimate of drug-likeness (QED) is 0.803. The molecule has 5 heteroatoms. The number of likely N-dealkylation sites (N-methyl/N-ethyl adjacent to an activating group) is 1. The molecule has 0 radical (unpaired) electrons. The van der Waals surface area contributed by atoms with Gasteiger partial charge in [0.2, 0.25) is 0 Å². The minimum absolute atomic E-state index is 0.187. The standard InChI is InChI=1S/C19H21FN4/c1-23(2)18-12-24(11-16(18)13-7-9-14(20)10-8-13)19-15-5-3-4-6-17(15)21-22-19/h3-10,16,18H,11-12H2,1-2H3,(H,21,22)/t16-,18+/m0/s1. The largest absolute Gasteiger partial charge is 0.352 e. The number of halogens is 1. The summed E-state index contributed by atoms with van der Waals surface area (Å²) < 4.78 is 13.3. The maximum Gasteiger partial charge on any atom is 0.158 e. The molecule has 0 bridgehead atoms. The van der Waals surface area contributed by atoms with Gasteiger partial charge in [0.1, 0.15) is 5.82 Å².